The second kappa shape index (κ2) is 5.96. The highest BCUT2D eigenvalue weighted by molar-refractivity contribution is 5.79. The molecule has 0 spiro atoms. The number of hydrogen-bond acceptors (Lipinski definition) is 3. The lowest BCUT2D eigenvalue weighted by Gasteiger charge is -2.33. The van der Waals surface area contributed by atoms with Crippen LogP contribution < -0.4 is 11.1 Å². The van der Waals surface area contributed by atoms with Crippen LogP contribution in [0.2, 0.25) is 0 Å². The maximum Gasteiger partial charge on any atom is 0.224 e. The Balaban J connectivity index is 2.64. The van der Waals surface area contributed by atoms with Crippen LogP contribution in [-0.4, -0.2) is 23.0 Å². The van der Waals surface area contributed by atoms with E-state index in [4.69, 9.17) is 5.73 Å². The van der Waals surface area contributed by atoms with Crippen molar-refractivity contribution in [3.05, 3.63) is 29.6 Å². The molecule has 1 atom stereocenters. The van der Waals surface area contributed by atoms with E-state index in [-0.39, 0.29) is 11.4 Å². The molecule has 0 saturated heterocycles. The molecule has 1 amide bonds. The highest BCUT2D eigenvalue weighted by Crippen LogP contribution is 2.15. The minimum Gasteiger partial charge on any atom is -0.349 e. The Morgan fingerprint density at radius 1 is 1.50 bits per heavy atom. The van der Waals surface area contributed by atoms with E-state index in [2.05, 4.69) is 24.1 Å². The Hall–Kier alpha value is -1.42. The molecule has 0 aliphatic heterocycles. The molecule has 0 aromatic carbocycles. The fraction of sp³-hybridized carbons (Fsp3) is 0.571. The van der Waals surface area contributed by atoms with Gasteiger partial charge in [0, 0.05) is 18.4 Å². The number of rotatable bonds is 5. The fourth-order valence-electron chi connectivity index (χ4n) is 1.58. The van der Waals surface area contributed by atoms with E-state index in [1.807, 2.05) is 26.0 Å². The highest BCUT2D eigenvalue weighted by Gasteiger charge is 2.28. The molecular weight excluding hydrogens is 226 g/mol. The number of nitrogens with zero attached hydrogens (tertiary/aromatic N) is 1. The van der Waals surface area contributed by atoms with E-state index < -0.39 is 0 Å². The van der Waals surface area contributed by atoms with Gasteiger partial charge in [-0.05, 0) is 31.4 Å². The summed E-state index contributed by atoms with van der Waals surface area (Å²) in [6, 6.07) is 3.84. The predicted octanol–water partition coefficient (Wildman–Crippen LogP) is 1.42. The Bertz CT molecular complexity index is 400. The van der Waals surface area contributed by atoms with Crippen molar-refractivity contribution in [1.82, 2.24) is 10.3 Å². The minimum atomic E-state index is -0.352. The standard InChI is InChI=1S/C14H23N3O/c1-10(2)14(4,9-15)17-13(18)7-12-6-5-11(3)16-8-12/h5-6,8,10H,7,9,15H2,1-4H3,(H,17,18). The summed E-state index contributed by atoms with van der Waals surface area (Å²) in [6.45, 7) is 8.45. The van der Waals surface area contributed by atoms with Crippen molar-refractivity contribution in [3.8, 4) is 0 Å². The van der Waals surface area contributed by atoms with Crippen molar-refractivity contribution in [1.29, 1.82) is 0 Å². The van der Waals surface area contributed by atoms with Gasteiger partial charge in [0.15, 0.2) is 0 Å². The van der Waals surface area contributed by atoms with E-state index in [1.54, 1.807) is 6.20 Å². The van der Waals surface area contributed by atoms with Gasteiger partial charge >= 0.3 is 0 Å². The number of carbonyl (C=O) groups is 1. The molecule has 4 heteroatoms. The lowest BCUT2D eigenvalue weighted by atomic mass is 9.88. The lowest BCUT2D eigenvalue weighted by Crippen LogP contribution is -2.55. The quantitative estimate of drug-likeness (QED) is 0.829. The van der Waals surface area contributed by atoms with Gasteiger partial charge in [-0.25, -0.2) is 0 Å². The van der Waals surface area contributed by atoms with Gasteiger partial charge in [0.1, 0.15) is 0 Å². The summed E-state index contributed by atoms with van der Waals surface area (Å²) in [7, 11) is 0. The second-order valence-electron chi connectivity index (χ2n) is 5.31. The maximum absolute atomic E-state index is 12.0. The third-order valence-electron chi connectivity index (χ3n) is 3.46. The van der Waals surface area contributed by atoms with E-state index in [0.29, 0.717) is 18.9 Å². The van der Waals surface area contributed by atoms with Gasteiger partial charge in [-0.15, -0.1) is 0 Å². The molecule has 1 aromatic heterocycles. The van der Waals surface area contributed by atoms with E-state index in [9.17, 15) is 4.79 Å². The summed E-state index contributed by atoms with van der Waals surface area (Å²) < 4.78 is 0. The number of pyridine rings is 1. The Morgan fingerprint density at radius 2 is 2.17 bits per heavy atom. The summed E-state index contributed by atoms with van der Waals surface area (Å²) in [5.41, 5.74) is 7.26. The molecule has 3 N–H and O–H groups in total. The zero-order chi connectivity index (χ0) is 13.8. The second-order valence-corrected chi connectivity index (χ2v) is 5.31. The molecule has 0 aliphatic carbocycles. The average molecular weight is 249 g/mol. The highest BCUT2D eigenvalue weighted by atomic mass is 16.1. The normalized spacial score (nSPS) is 14.3. The molecule has 0 bridgehead atoms. The van der Waals surface area contributed by atoms with Crippen molar-refractivity contribution >= 4 is 5.91 Å². The van der Waals surface area contributed by atoms with Gasteiger partial charge < -0.3 is 11.1 Å². The largest absolute Gasteiger partial charge is 0.349 e. The minimum absolute atomic E-state index is 0.0118. The van der Waals surface area contributed by atoms with Crippen LogP contribution in [0.1, 0.15) is 32.0 Å². The lowest BCUT2D eigenvalue weighted by molar-refractivity contribution is -0.122. The van der Waals surface area contributed by atoms with Crippen molar-refractivity contribution in [2.75, 3.05) is 6.54 Å². The number of aryl methyl sites for hydroxylation is 1. The van der Waals surface area contributed by atoms with Crippen LogP contribution in [0, 0.1) is 12.8 Å². The monoisotopic (exact) mass is 249 g/mol. The van der Waals surface area contributed by atoms with Crippen molar-refractivity contribution < 1.29 is 4.79 Å². The van der Waals surface area contributed by atoms with Gasteiger partial charge in [0.05, 0.1) is 12.0 Å². The number of carbonyl (C=O) groups excluding carboxylic acids is 1. The zero-order valence-corrected chi connectivity index (χ0v) is 11.7. The summed E-state index contributed by atoms with van der Waals surface area (Å²) >= 11 is 0. The third kappa shape index (κ3) is 3.81. The van der Waals surface area contributed by atoms with Crippen LogP contribution in [0.5, 0.6) is 0 Å². The van der Waals surface area contributed by atoms with Gasteiger partial charge in [0.2, 0.25) is 5.91 Å². The molecule has 1 aromatic rings. The first-order valence-electron chi connectivity index (χ1n) is 6.30. The smallest absolute Gasteiger partial charge is 0.224 e. The summed E-state index contributed by atoms with van der Waals surface area (Å²) in [6.07, 6.45) is 2.08. The van der Waals surface area contributed by atoms with Crippen LogP contribution in [-0.2, 0) is 11.2 Å². The van der Waals surface area contributed by atoms with E-state index in [1.165, 1.54) is 0 Å². The molecule has 0 radical (unpaired) electrons. The molecule has 18 heavy (non-hydrogen) atoms. The zero-order valence-electron chi connectivity index (χ0n) is 11.7. The van der Waals surface area contributed by atoms with Crippen LogP contribution in [0.25, 0.3) is 0 Å². The van der Waals surface area contributed by atoms with Gasteiger partial charge in [-0.2, -0.15) is 0 Å². The SMILES string of the molecule is Cc1ccc(CC(=O)NC(C)(CN)C(C)C)cn1. The van der Waals surface area contributed by atoms with Crippen LogP contribution >= 0.6 is 0 Å². The Kier molecular flexibility index (Phi) is 4.84. The van der Waals surface area contributed by atoms with Crippen molar-refractivity contribution in [2.24, 2.45) is 11.7 Å². The molecule has 1 rings (SSSR count). The van der Waals surface area contributed by atoms with Gasteiger partial charge in [-0.3, -0.25) is 9.78 Å². The van der Waals surface area contributed by atoms with Crippen LogP contribution in [0.4, 0.5) is 0 Å². The molecule has 0 aliphatic rings. The molecule has 0 saturated carbocycles. The number of nitrogens with one attached hydrogen (secondary N) is 1. The maximum atomic E-state index is 12.0. The number of aromatic nitrogens is 1. The molecular formula is C14H23N3O. The van der Waals surface area contributed by atoms with Crippen molar-refractivity contribution in [3.63, 3.8) is 0 Å². The first-order chi connectivity index (χ1) is 8.37. The third-order valence-corrected chi connectivity index (χ3v) is 3.46. The first kappa shape index (κ1) is 14.6. The van der Waals surface area contributed by atoms with Crippen LogP contribution in [0.15, 0.2) is 18.3 Å². The number of amides is 1. The molecule has 4 nitrogen and oxygen atoms in total. The number of nitrogens with two attached hydrogens (primary N) is 1. The fourth-order valence-corrected chi connectivity index (χ4v) is 1.58. The van der Waals surface area contributed by atoms with E-state index in [0.717, 1.165) is 11.3 Å². The topological polar surface area (TPSA) is 68.0 Å². The number of hydrogen-bond donors (Lipinski definition) is 2. The predicted molar refractivity (Wildman–Crippen MR) is 73.1 cm³/mol. The summed E-state index contributed by atoms with van der Waals surface area (Å²) in [5.74, 6) is 0.282. The molecule has 1 unspecified atom stereocenters. The Labute approximate surface area is 109 Å². The molecule has 1 heterocycles. The summed E-state index contributed by atoms with van der Waals surface area (Å²) in [5, 5.41) is 3.01. The first-order valence-corrected chi connectivity index (χ1v) is 6.30. The summed E-state index contributed by atoms with van der Waals surface area (Å²) in [4.78, 5) is 16.2. The van der Waals surface area contributed by atoms with E-state index >= 15 is 0 Å². The Morgan fingerprint density at radius 3 is 2.61 bits per heavy atom. The average Bonchev–Trinajstić information content (AvgIpc) is 2.31. The van der Waals surface area contributed by atoms with Gasteiger partial charge in [0.25, 0.3) is 0 Å². The molecule has 0 fully saturated rings. The molecule has 100 valence electrons. The van der Waals surface area contributed by atoms with Crippen LogP contribution in [0.3, 0.4) is 0 Å². The van der Waals surface area contributed by atoms with Gasteiger partial charge in [-0.1, -0.05) is 19.9 Å². The van der Waals surface area contributed by atoms with Crippen molar-refractivity contribution in [2.45, 2.75) is 39.7 Å².